The third kappa shape index (κ3) is 5.22. The molecule has 0 aromatic heterocycles. The maximum absolute atomic E-state index is 13.4. The molecule has 0 fully saturated rings. The number of halogens is 2. The summed E-state index contributed by atoms with van der Waals surface area (Å²) in [6.07, 6.45) is -0.694. The molecular weight excluding hydrogens is 292 g/mol. The normalized spacial score (nSPS) is 13.2. The molecule has 0 aliphatic rings. The molecule has 0 radical (unpaired) electrons. The van der Waals surface area contributed by atoms with Crippen LogP contribution in [0.1, 0.15) is 18.9 Å². The van der Waals surface area contributed by atoms with Crippen LogP contribution in [0.15, 0.2) is 18.2 Å². The van der Waals surface area contributed by atoms with Gasteiger partial charge < -0.3 is 5.11 Å². The SMILES string of the molecule is CC(Cc1c(F)cccc1F)NS(=O)(=O)CCC(=O)O. The summed E-state index contributed by atoms with van der Waals surface area (Å²) in [6, 6.07) is 2.64. The standard InChI is InChI=1S/C12H15F2NO4S/c1-8(15-20(18,19)6-5-12(16)17)7-9-10(13)3-2-4-11(9)14/h2-4,8,15H,5-7H2,1H3,(H,16,17). The molecule has 0 saturated heterocycles. The van der Waals surface area contributed by atoms with Crippen LogP contribution in [0.2, 0.25) is 0 Å². The molecule has 5 nitrogen and oxygen atoms in total. The Morgan fingerprint density at radius 2 is 1.90 bits per heavy atom. The van der Waals surface area contributed by atoms with Gasteiger partial charge in [-0.1, -0.05) is 6.07 Å². The number of aliphatic carboxylic acids is 1. The first-order valence-corrected chi connectivity index (χ1v) is 7.51. The van der Waals surface area contributed by atoms with Crippen LogP contribution in [0.3, 0.4) is 0 Å². The van der Waals surface area contributed by atoms with E-state index in [1.165, 1.54) is 13.0 Å². The first-order chi connectivity index (χ1) is 9.21. The van der Waals surface area contributed by atoms with E-state index in [9.17, 15) is 22.0 Å². The second-order valence-corrected chi connectivity index (χ2v) is 6.26. The van der Waals surface area contributed by atoms with Crippen molar-refractivity contribution in [2.24, 2.45) is 0 Å². The zero-order valence-corrected chi connectivity index (χ0v) is 11.6. The fourth-order valence-electron chi connectivity index (χ4n) is 1.66. The third-order valence-electron chi connectivity index (χ3n) is 2.54. The van der Waals surface area contributed by atoms with E-state index >= 15 is 0 Å². The van der Waals surface area contributed by atoms with Gasteiger partial charge in [-0.2, -0.15) is 0 Å². The molecule has 1 aromatic rings. The summed E-state index contributed by atoms with van der Waals surface area (Å²) in [5.41, 5.74) is -0.207. The summed E-state index contributed by atoms with van der Waals surface area (Å²) < 4.78 is 52.1. The molecule has 0 spiro atoms. The van der Waals surface area contributed by atoms with Gasteiger partial charge in [-0.3, -0.25) is 4.79 Å². The van der Waals surface area contributed by atoms with Crippen molar-refractivity contribution in [3.63, 3.8) is 0 Å². The number of carboxylic acid groups (broad SMARTS) is 1. The average molecular weight is 307 g/mol. The van der Waals surface area contributed by atoms with E-state index in [1.54, 1.807) is 0 Å². The second kappa shape index (κ2) is 6.76. The molecule has 0 aliphatic heterocycles. The van der Waals surface area contributed by atoms with Crippen molar-refractivity contribution in [2.45, 2.75) is 25.8 Å². The Morgan fingerprint density at radius 1 is 1.35 bits per heavy atom. The Bertz CT molecular complexity index is 569. The second-order valence-electron chi connectivity index (χ2n) is 4.39. The highest BCUT2D eigenvalue weighted by Gasteiger charge is 2.18. The lowest BCUT2D eigenvalue weighted by molar-refractivity contribution is -0.136. The lowest BCUT2D eigenvalue weighted by atomic mass is 10.1. The van der Waals surface area contributed by atoms with E-state index in [4.69, 9.17) is 5.11 Å². The molecule has 20 heavy (non-hydrogen) atoms. The van der Waals surface area contributed by atoms with Gasteiger partial charge in [0.1, 0.15) is 11.6 Å². The summed E-state index contributed by atoms with van der Waals surface area (Å²) in [7, 11) is -3.80. The van der Waals surface area contributed by atoms with Gasteiger partial charge in [0.25, 0.3) is 0 Å². The van der Waals surface area contributed by atoms with Crippen molar-refractivity contribution in [2.75, 3.05) is 5.75 Å². The van der Waals surface area contributed by atoms with Crippen molar-refractivity contribution in [3.05, 3.63) is 35.4 Å². The number of benzene rings is 1. The van der Waals surface area contributed by atoms with Gasteiger partial charge in [-0.05, 0) is 25.5 Å². The Labute approximate surface area is 115 Å². The lowest BCUT2D eigenvalue weighted by Gasteiger charge is -2.14. The minimum atomic E-state index is -3.80. The van der Waals surface area contributed by atoms with Crippen molar-refractivity contribution in [1.82, 2.24) is 4.72 Å². The number of nitrogens with one attached hydrogen (secondary N) is 1. The predicted molar refractivity (Wildman–Crippen MR) is 68.7 cm³/mol. The minimum Gasteiger partial charge on any atom is -0.481 e. The van der Waals surface area contributed by atoms with Gasteiger partial charge in [0.2, 0.25) is 10.0 Å². The number of rotatable bonds is 7. The molecule has 0 aliphatic carbocycles. The van der Waals surface area contributed by atoms with Crippen LogP contribution in [-0.2, 0) is 21.2 Å². The number of carbonyl (C=O) groups is 1. The van der Waals surface area contributed by atoms with Crippen molar-refractivity contribution in [3.8, 4) is 0 Å². The van der Waals surface area contributed by atoms with Crippen LogP contribution < -0.4 is 4.72 Å². The fourth-order valence-corrected chi connectivity index (χ4v) is 2.92. The van der Waals surface area contributed by atoms with Crippen LogP contribution in [0.4, 0.5) is 8.78 Å². The molecule has 0 heterocycles. The molecule has 1 atom stereocenters. The Morgan fingerprint density at radius 3 is 2.40 bits per heavy atom. The molecule has 0 bridgehead atoms. The van der Waals surface area contributed by atoms with Crippen LogP contribution in [-0.4, -0.2) is 31.3 Å². The van der Waals surface area contributed by atoms with Gasteiger partial charge in [-0.25, -0.2) is 21.9 Å². The zero-order chi connectivity index (χ0) is 15.3. The van der Waals surface area contributed by atoms with Crippen molar-refractivity contribution >= 4 is 16.0 Å². The van der Waals surface area contributed by atoms with Crippen LogP contribution in [0.25, 0.3) is 0 Å². The highest BCUT2D eigenvalue weighted by Crippen LogP contribution is 2.14. The Balaban J connectivity index is 2.68. The fraction of sp³-hybridized carbons (Fsp3) is 0.417. The highest BCUT2D eigenvalue weighted by molar-refractivity contribution is 7.89. The highest BCUT2D eigenvalue weighted by atomic mass is 32.2. The Hall–Kier alpha value is -1.54. The molecule has 112 valence electrons. The van der Waals surface area contributed by atoms with Gasteiger partial charge >= 0.3 is 5.97 Å². The molecular formula is C12H15F2NO4S. The van der Waals surface area contributed by atoms with Crippen LogP contribution in [0, 0.1) is 11.6 Å². The van der Waals surface area contributed by atoms with Gasteiger partial charge in [0, 0.05) is 11.6 Å². The molecule has 1 unspecified atom stereocenters. The monoisotopic (exact) mass is 307 g/mol. The van der Waals surface area contributed by atoms with E-state index < -0.39 is 45.8 Å². The molecule has 0 amide bonds. The average Bonchev–Trinajstić information content (AvgIpc) is 2.31. The maximum atomic E-state index is 13.4. The number of sulfonamides is 1. The van der Waals surface area contributed by atoms with E-state index in [0.717, 1.165) is 12.1 Å². The van der Waals surface area contributed by atoms with Crippen LogP contribution >= 0.6 is 0 Å². The third-order valence-corrected chi connectivity index (χ3v) is 4.04. The van der Waals surface area contributed by atoms with E-state index in [2.05, 4.69) is 4.72 Å². The molecule has 1 aromatic carbocycles. The van der Waals surface area contributed by atoms with E-state index in [0.29, 0.717) is 0 Å². The van der Waals surface area contributed by atoms with Gasteiger partial charge in [0.15, 0.2) is 0 Å². The van der Waals surface area contributed by atoms with E-state index in [1.807, 2.05) is 0 Å². The number of hydrogen-bond acceptors (Lipinski definition) is 3. The quantitative estimate of drug-likeness (QED) is 0.795. The Kier molecular flexibility index (Phi) is 5.58. The van der Waals surface area contributed by atoms with Gasteiger partial charge in [0.05, 0.1) is 12.2 Å². The number of hydrogen-bond donors (Lipinski definition) is 2. The molecule has 0 saturated carbocycles. The van der Waals surface area contributed by atoms with Crippen LogP contribution in [0.5, 0.6) is 0 Å². The topological polar surface area (TPSA) is 83.5 Å². The summed E-state index contributed by atoms with van der Waals surface area (Å²) >= 11 is 0. The number of carboxylic acids is 1. The summed E-state index contributed by atoms with van der Waals surface area (Å²) in [5.74, 6) is -3.31. The predicted octanol–water partition coefficient (Wildman–Crippen LogP) is 1.29. The first-order valence-electron chi connectivity index (χ1n) is 5.86. The van der Waals surface area contributed by atoms with Crippen molar-refractivity contribution in [1.29, 1.82) is 0 Å². The van der Waals surface area contributed by atoms with Gasteiger partial charge in [-0.15, -0.1) is 0 Å². The summed E-state index contributed by atoms with van der Waals surface area (Å²) in [4.78, 5) is 10.3. The molecule has 2 N–H and O–H groups in total. The largest absolute Gasteiger partial charge is 0.481 e. The summed E-state index contributed by atoms with van der Waals surface area (Å²) in [5, 5.41) is 8.43. The first kappa shape index (κ1) is 16.5. The molecule has 1 rings (SSSR count). The van der Waals surface area contributed by atoms with Crippen molar-refractivity contribution < 1.29 is 27.1 Å². The molecule has 8 heteroatoms. The lowest BCUT2D eigenvalue weighted by Crippen LogP contribution is -2.36. The zero-order valence-electron chi connectivity index (χ0n) is 10.8. The maximum Gasteiger partial charge on any atom is 0.304 e. The minimum absolute atomic E-state index is 0.162. The van der Waals surface area contributed by atoms with E-state index in [-0.39, 0.29) is 12.0 Å². The smallest absolute Gasteiger partial charge is 0.304 e. The summed E-state index contributed by atoms with van der Waals surface area (Å²) in [6.45, 7) is 1.45.